The lowest BCUT2D eigenvalue weighted by molar-refractivity contribution is -0.115. The number of hydrogen-bond acceptors (Lipinski definition) is 6. The van der Waals surface area contributed by atoms with Gasteiger partial charge in [0.05, 0.1) is 11.3 Å². The summed E-state index contributed by atoms with van der Waals surface area (Å²) < 4.78 is 24.0. The van der Waals surface area contributed by atoms with Gasteiger partial charge in [0.25, 0.3) is 0 Å². The van der Waals surface area contributed by atoms with Gasteiger partial charge in [0, 0.05) is 42.4 Å². The van der Waals surface area contributed by atoms with E-state index >= 15 is 0 Å². The van der Waals surface area contributed by atoms with Crippen molar-refractivity contribution >= 4 is 27.7 Å². The Bertz CT molecular complexity index is 1080. The van der Waals surface area contributed by atoms with Crippen molar-refractivity contribution in [3.05, 3.63) is 35.3 Å². The van der Waals surface area contributed by atoms with E-state index in [-0.39, 0.29) is 17.2 Å². The zero-order valence-electron chi connectivity index (χ0n) is 18.2. The first-order valence-electron chi connectivity index (χ1n) is 10.6. The number of sulfone groups is 1. The van der Waals surface area contributed by atoms with Crippen LogP contribution in [0.1, 0.15) is 55.0 Å². The number of nitrogens with zero attached hydrogens (tertiary/aromatic N) is 2. The van der Waals surface area contributed by atoms with Gasteiger partial charge in [-0.2, -0.15) is 5.10 Å². The second-order valence-corrected chi connectivity index (χ2v) is 10.4. The third-order valence-corrected chi connectivity index (χ3v) is 6.91. The Kier molecular flexibility index (Phi) is 7.49. The van der Waals surface area contributed by atoms with Gasteiger partial charge in [0.2, 0.25) is 5.91 Å². The number of aromatic amines is 1. The Morgan fingerprint density at radius 2 is 2.06 bits per heavy atom. The molecule has 0 aliphatic heterocycles. The van der Waals surface area contributed by atoms with Crippen LogP contribution in [0, 0.1) is 12.8 Å². The highest BCUT2D eigenvalue weighted by Crippen LogP contribution is 2.40. The molecule has 2 aromatic rings. The van der Waals surface area contributed by atoms with E-state index in [2.05, 4.69) is 25.8 Å². The summed E-state index contributed by atoms with van der Waals surface area (Å²) in [6.45, 7) is 2.21. The van der Waals surface area contributed by atoms with Crippen LogP contribution in [-0.4, -0.2) is 53.5 Å². The lowest BCUT2D eigenvalue weighted by Crippen LogP contribution is -2.22. The standard InChI is InChI=1S/C21H29N5O5S/c1-13-8-16(18(12-23-13)32(2,30)31)10-20(27)24-19-11-17(25-26-19)15-6-5-14(9-15)4-3-7-22-21(28)29/h8,11-12,14-15,22H,3-7,9-10H2,1-2H3,(H,28,29)(H2,24,25,26,27). The molecule has 0 aromatic carbocycles. The van der Waals surface area contributed by atoms with Crippen molar-refractivity contribution in [3.63, 3.8) is 0 Å². The number of hydrogen-bond donors (Lipinski definition) is 4. The van der Waals surface area contributed by atoms with Crippen molar-refractivity contribution in [3.8, 4) is 0 Å². The molecule has 11 heteroatoms. The normalized spacial score (nSPS) is 18.4. The van der Waals surface area contributed by atoms with Crippen LogP contribution in [0.5, 0.6) is 0 Å². The second-order valence-electron chi connectivity index (χ2n) is 8.39. The van der Waals surface area contributed by atoms with Crippen molar-refractivity contribution in [1.82, 2.24) is 20.5 Å². The number of pyridine rings is 1. The molecular weight excluding hydrogens is 434 g/mol. The monoisotopic (exact) mass is 463 g/mol. The number of aryl methyl sites for hydroxylation is 1. The first kappa shape index (κ1) is 23.7. The molecular formula is C21H29N5O5S. The van der Waals surface area contributed by atoms with Gasteiger partial charge >= 0.3 is 6.09 Å². The first-order chi connectivity index (χ1) is 15.1. The van der Waals surface area contributed by atoms with Gasteiger partial charge in [-0.1, -0.05) is 0 Å². The number of carboxylic acid groups (broad SMARTS) is 1. The minimum absolute atomic E-state index is 0.0523. The molecule has 1 saturated carbocycles. The van der Waals surface area contributed by atoms with Crippen molar-refractivity contribution < 1.29 is 23.1 Å². The Hall–Kier alpha value is -2.95. The molecule has 1 fully saturated rings. The zero-order chi connectivity index (χ0) is 23.3. The number of amides is 2. The van der Waals surface area contributed by atoms with Crippen LogP contribution in [0.15, 0.2) is 23.2 Å². The van der Waals surface area contributed by atoms with E-state index in [1.54, 1.807) is 13.0 Å². The highest BCUT2D eigenvalue weighted by Gasteiger charge is 2.27. The third-order valence-electron chi connectivity index (χ3n) is 5.75. The van der Waals surface area contributed by atoms with E-state index in [1.807, 2.05) is 6.07 Å². The highest BCUT2D eigenvalue weighted by atomic mass is 32.2. The van der Waals surface area contributed by atoms with Gasteiger partial charge in [0.15, 0.2) is 15.7 Å². The topological polar surface area (TPSA) is 154 Å². The maximum absolute atomic E-state index is 12.5. The van der Waals surface area contributed by atoms with Gasteiger partial charge in [0.1, 0.15) is 0 Å². The Labute approximate surface area is 187 Å². The summed E-state index contributed by atoms with van der Waals surface area (Å²) in [6, 6.07) is 3.43. The molecule has 2 unspecified atom stereocenters. The number of anilines is 1. The number of carbonyl (C=O) groups excluding carboxylic acids is 1. The summed E-state index contributed by atoms with van der Waals surface area (Å²) in [5.74, 6) is 0.922. The van der Waals surface area contributed by atoms with E-state index in [1.165, 1.54) is 6.20 Å². The van der Waals surface area contributed by atoms with Gasteiger partial charge < -0.3 is 15.7 Å². The predicted molar refractivity (Wildman–Crippen MR) is 118 cm³/mol. The lowest BCUT2D eigenvalue weighted by atomic mass is 9.98. The van der Waals surface area contributed by atoms with E-state index in [9.17, 15) is 18.0 Å². The second kappa shape index (κ2) is 10.1. The summed E-state index contributed by atoms with van der Waals surface area (Å²) >= 11 is 0. The summed E-state index contributed by atoms with van der Waals surface area (Å²) in [5, 5.41) is 20.9. The maximum Gasteiger partial charge on any atom is 0.404 e. The molecule has 0 bridgehead atoms. The van der Waals surface area contributed by atoms with Crippen LogP contribution < -0.4 is 10.6 Å². The van der Waals surface area contributed by atoms with Crippen molar-refractivity contribution in [2.45, 2.75) is 56.3 Å². The Balaban J connectivity index is 1.54. The first-order valence-corrected chi connectivity index (χ1v) is 12.5. The molecule has 10 nitrogen and oxygen atoms in total. The SMILES string of the molecule is Cc1cc(CC(=O)Nc2cc(C3CCC(CCCNC(=O)O)C3)[nH]n2)c(S(C)(=O)=O)cn1. The fourth-order valence-electron chi connectivity index (χ4n) is 4.25. The van der Waals surface area contributed by atoms with Gasteiger partial charge in [-0.3, -0.25) is 14.9 Å². The van der Waals surface area contributed by atoms with Crippen LogP contribution in [0.3, 0.4) is 0 Å². The average molecular weight is 464 g/mol. The number of H-pyrrole nitrogens is 1. The molecule has 1 aliphatic rings. The van der Waals surface area contributed by atoms with Crippen LogP contribution in [0.4, 0.5) is 10.6 Å². The molecule has 2 aromatic heterocycles. The van der Waals surface area contributed by atoms with E-state index < -0.39 is 15.9 Å². The van der Waals surface area contributed by atoms with Crippen LogP contribution in [0.25, 0.3) is 0 Å². The molecule has 2 amide bonds. The maximum atomic E-state index is 12.5. The fraction of sp³-hybridized carbons (Fsp3) is 0.524. The Morgan fingerprint density at radius 1 is 1.28 bits per heavy atom. The van der Waals surface area contributed by atoms with Crippen molar-refractivity contribution in [2.24, 2.45) is 5.92 Å². The zero-order valence-corrected chi connectivity index (χ0v) is 19.0. The Morgan fingerprint density at radius 3 is 2.78 bits per heavy atom. The number of carbonyl (C=O) groups is 2. The lowest BCUT2D eigenvalue weighted by Gasteiger charge is -2.10. The molecule has 174 valence electrons. The average Bonchev–Trinajstić information content (AvgIpc) is 3.33. The third kappa shape index (κ3) is 6.52. The molecule has 3 rings (SSSR count). The largest absolute Gasteiger partial charge is 0.465 e. The fourth-order valence-corrected chi connectivity index (χ4v) is 5.10. The molecule has 1 aliphatic carbocycles. The summed E-state index contributed by atoms with van der Waals surface area (Å²) in [6.07, 6.45) is 6.18. The minimum atomic E-state index is -3.49. The van der Waals surface area contributed by atoms with Crippen molar-refractivity contribution in [1.29, 1.82) is 0 Å². The molecule has 4 N–H and O–H groups in total. The summed E-state index contributed by atoms with van der Waals surface area (Å²) in [4.78, 5) is 27.1. The molecule has 0 radical (unpaired) electrons. The molecule has 0 saturated heterocycles. The van der Waals surface area contributed by atoms with Gasteiger partial charge in [-0.25, -0.2) is 13.2 Å². The van der Waals surface area contributed by atoms with Crippen LogP contribution >= 0.6 is 0 Å². The quantitative estimate of drug-likeness (QED) is 0.417. The van der Waals surface area contributed by atoms with Crippen molar-refractivity contribution in [2.75, 3.05) is 18.1 Å². The van der Waals surface area contributed by atoms with Crippen LogP contribution in [-0.2, 0) is 21.1 Å². The van der Waals surface area contributed by atoms with Gasteiger partial charge in [-0.05, 0) is 56.6 Å². The number of nitrogens with one attached hydrogen (secondary N) is 3. The predicted octanol–water partition coefficient (Wildman–Crippen LogP) is 2.63. The molecule has 2 heterocycles. The molecule has 0 spiro atoms. The van der Waals surface area contributed by atoms with E-state index in [0.717, 1.165) is 44.1 Å². The molecule has 2 atom stereocenters. The summed E-state index contributed by atoms with van der Waals surface area (Å²) in [7, 11) is -3.49. The highest BCUT2D eigenvalue weighted by molar-refractivity contribution is 7.90. The van der Waals surface area contributed by atoms with Gasteiger partial charge in [-0.15, -0.1) is 0 Å². The van der Waals surface area contributed by atoms with E-state index in [4.69, 9.17) is 5.11 Å². The molecule has 32 heavy (non-hydrogen) atoms. The summed E-state index contributed by atoms with van der Waals surface area (Å²) in [5.41, 5.74) is 2.00. The minimum Gasteiger partial charge on any atom is -0.465 e. The van der Waals surface area contributed by atoms with Crippen LogP contribution in [0.2, 0.25) is 0 Å². The number of aromatic nitrogens is 3. The number of rotatable bonds is 9. The smallest absolute Gasteiger partial charge is 0.404 e. The van der Waals surface area contributed by atoms with E-state index in [0.29, 0.717) is 35.5 Å².